The Morgan fingerprint density at radius 2 is 2.09 bits per heavy atom. The van der Waals surface area contributed by atoms with E-state index in [4.69, 9.17) is 4.42 Å². The number of aromatic nitrogens is 1. The molecule has 1 aliphatic rings. The van der Waals surface area contributed by atoms with Crippen molar-refractivity contribution in [3.63, 3.8) is 0 Å². The van der Waals surface area contributed by atoms with Gasteiger partial charge in [0.05, 0.1) is 5.69 Å². The summed E-state index contributed by atoms with van der Waals surface area (Å²) in [6.07, 6.45) is 1.87. The van der Waals surface area contributed by atoms with E-state index in [0.717, 1.165) is 24.9 Å². The van der Waals surface area contributed by atoms with Crippen LogP contribution < -0.4 is 10.6 Å². The maximum Gasteiger partial charge on any atom is 0.289 e. The maximum absolute atomic E-state index is 12.4. The molecule has 124 valence electrons. The number of piperidine rings is 1. The van der Waals surface area contributed by atoms with E-state index < -0.39 is 0 Å². The maximum atomic E-state index is 12.4. The van der Waals surface area contributed by atoms with E-state index in [1.165, 1.54) is 0 Å². The molecule has 0 spiro atoms. The van der Waals surface area contributed by atoms with Gasteiger partial charge in [-0.15, -0.1) is 12.4 Å². The van der Waals surface area contributed by atoms with Gasteiger partial charge in [0.1, 0.15) is 0 Å². The van der Waals surface area contributed by atoms with Gasteiger partial charge in [0.2, 0.25) is 11.7 Å². The van der Waals surface area contributed by atoms with Gasteiger partial charge in [-0.1, -0.05) is 18.2 Å². The number of halogens is 1. The molecule has 0 radical (unpaired) electrons. The number of amides is 1. The molecule has 1 fully saturated rings. The highest BCUT2D eigenvalue weighted by Gasteiger charge is 2.24. The van der Waals surface area contributed by atoms with Crippen LogP contribution in [0.3, 0.4) is 0 Å². The second-order valence-corrected chi connectivity index (χ2v) is 5.85. The van der Waals surface area contributed by atoms with Crippen LogP contribution in [0.15, 0.2) is 34.7 Å². The predicted octanol–water partition coefficient (Wildman–Crippen LogP) is 2.94. The van der Waals surface area contributed by atoms with E-state index in [1.54, 1.807) is 6.92 Å². The molecule has 2 aromatic rings. The number of nitrogens with one attached hydrogen (secondary N) is 2. The number of nitrogens with zero attached hydrogens (tertiary/aromatic N) is 1. The number of oxazole rings is 1. The number of carbonyl (C=O) groups is 1. The normalized spacial score (nSPS) is 20.6. The van der Waals surface area contributed by atoms with Crippen LogP contribution in [-0.2, 0) is 0 Å². The van der Waals surface area contributed by atoms with E-state index in [9.17, 15) is 4.79 Å². The van der Waals surface area contributed by atoms with E-state index in [-0.39, 0.29) is 24.4 Å². The van der Waals surface area contributed by atoms with Crippen molar-refractivity contribution in [3.05, 3.63) is 41.8 Å². The summed E-state index contributed by atoms with van der Waals surface area (Å²) in [7, 11) is 0. The molecule has 23 heavy (non-hydrogen) atoms. The second kappa shape index (κ2) is 7.62. The van der Waals surface area contributed by atoms with Gasteiger partial charge in [-0.3, -0.25) is 4.79 Å². The van der Waals surface area contributed by atoms with Crippen LogP contribution in [0.2, 0.25) is 0 Å². The summed E-state index contributed by atoms with van der Waals surface area (Å²) in [6.45, 7) is 4.86. The third-order valence-electron chi connectivity index (χ3n) is 3.98. The van der Waals surface area contributed by atoms with Gasteiger partial charge in [0.25, 0.3) is 5.91 Å². The van der Waals surface area contributed by atoms with Gasteiger partial charge in [-0.25, -0.2) is 4.98 Å². The molecule has 1 amide bonds. The van der Waals surface area contributed by atoms with Crippen molar-refractivity contribution in [3.8, 4) is 11.5 Å². The van der Waals surface area contributed by atoms with E-state index in [0.29, 0.717) is 23.4 Å². The zero-order valence-electron chi connectivity index (χ0n) is 13.3. The van der Waals surface area contributed by atoms with Crippen LogP contribution >= 0.6 is 12.4 Å². The van der Waals surface area contributed by atoms with Crippen molar-refractivity contribution in [2.24, 2.45) is 0 Å². The molecule has 6 heteroatoms. The Balaban J connectivity index is 0.00000192. The van der Waals surface area contributed by atoms with Gasteiger partial charge < -0.3 is 15.1 Å². The third kappa shape index (κ3) is 4.12. The van der Waals surface area contributed by atoms with Crippen LogP contribution in [-0.4, -0.2) is 29.5 Å². The SMILES string of the molecule is Cc1nc(-c2ccccc2)oc1C(=O)NC1CCNC(C)C1.Cl. The number of hydrogen-bond acceptors (Lipinski definition) is 4. The first-order valence-corrected chi connectivity index (χ1v) is 7.70. The summed E-state index contributed by atoms with van der Waals surface area (Å²) >= 11 is 0. The van der Waals surface area contributed by atoms with E-state index >= 15 is 0 Å². The van der Waals surface area contributed by atoms with Crippen LogP contribution in [0.1, 0.15) is 36.0 Å². The molecular weight excluding hydrogens is 314 g/mol. The first kappa shape index (κ1) is 17.5. The highest BCUT2D eigenvalue weighted by molar-refractivity contribution is 5.93. The van der Waals surface area contributed by atoms with Crippen LogP contribution in [0.25, 0.3) is 11.5 Å². The second-order valence-electron chi connectivity index (χ2n) is 5.85. The molecule has 1 saturated heterocycles. The van der Waals surface area contributed by atoms with Crippen LogP contribution in [0, 0.1) is 6.92 Å². The fourth-order valence-corrected chi connectivity index (χ4v) is 2.83. The van der Waals surface area contributed by atoms with Gasteiger partial charge in [0.15, 0.2) is 0 Å². The number of rotatable bonds is 3. The first-order chi connectivity index (χ1) is 10.6. The summed E-state index contributed by atoms with van der Waals surface area (Å²) in [6, 6.07) is 10.2. The van der Waals surface area contributed by atoms with Gasteiger partial charge in [-0.05, 0) is 45.4 Å². The fourth-order valence-electron chi connectivity index (χ4n) is 2.83. The van der Waals surface area contributed by atoms with Crippen molar-refractivity contribution >= 4 is 18.3 Å². The molecule has 0 bridgehead atoms. The standard InChI is InChI=1S/C17H21N3O2.ClH/c1-11-10-14(8-9-18-11)20-16(21)15-12(2)19-17(22-15)13-6-4-3-5-7-13;/h3-7,11,14,18H,8-10H2,1-2H3,(H,20,21);1H. The average Bonchev–Trinajstić information content (AvgIpc) is 2.90. The highest BCUT2D eigenvalue weighted by Crippen LogP contribution is 2.21. The lowest BCUT2D eigenvalue weighted by molar-refractivity contribution is 0.0897. The minimum atomic E-state index is -0.175. The molecule has 5 nitrogen and oxygen atoms in total. The van der Waals surface area contributed by atoms with E-state index in [2.05, 4.69) is 22.5 Å². The molecular formula is C17H22ClN3O2. The summed E-state index contributed by atoms with van der Waals surface area (Å²) in [5.41, 5.74) is 1.50. The number of benzene rings is 1. The monoisotopic (exact) mass is 335 g/mol. The highest BCUT2D eigenvalue weighted by atomic mass is 35.5. The number of aryl methyl sites for hydroxylation is 1. The first-order valence-electron chi connectivity index (χ1n) is 7.70. The Labute approximate surface area is 142 Å². The zero-order chi connectivity index (χ0) is 15.5. The Kier molecular flexibility index (Phi) is 5.80. The van der Waals surface area contributed by atoms with Crippen molar-refractivity contribution < 1.29 is 9.21 Å². The van der Waals surface area contributed by atoms with Crippen molar-refractivity contribution in [1.82, 2.24) is 15.6 Å². The Morgan fingerprint density at radius 1 is 1.35 bits per heavy atom. The van der Waals surface area contributed by atoms with Gasteiger partial charge >= 0.3 is 0 Å². The number of hydrogen-bond donors (Lipinski definition) is 2. The predicted molar refractivity (Wildman–Crippen MR) is 91.9 cm³/mol. The third-order valence-corrected chi connectivity index (χ3v) is 3.98. The van der Waals surface area contributed by atoms with Crippen molar-refractivity contribution in [2.75, 3.05) is 6.54 Å². The molecule has 2 atom stereocenters. The van der Waals surface area contributed by atoms with Crippen LogP contribution in [0.4, 0.5) is 0 Å². The topological polar surface area (TPSA) is 67.2 Å². The van der Waals surface area contributed by atoms with Gasteiger partial charge in [-0.2, -0.15) is 0 Å². The Hall–Kier alpha value is -1.85. The fraction of sp³-hybridized carbons (Fsp3) is 0.412. The summed E-state index contributed by atoms with van der Waals surface area (Å²) in [5, 5.41) is 6.43. The molecule has 0 saturated carbocycles. The van der Waals surface area contributed by atoms with Crippen molar-refractivity contribution in [2.45, 2.75) is 38.8 Å². The Bertz CT molecular complexity index is 657. The lowest BCUT2D eigenvalue weighted by Gasteiger charge is -2.28. The lowest BCUT2D eigenvalue weighted by Crippen LogP contribution is -2.46. The molecule has 2 N–H and O–H groups in total. The molecule has 1 aromatic carbocycles. The largest absolute Gasteiger partial charge is 0.431 e. The molecule has 2 heterocycles. The molecule has 3 rings (SSSR count). The van der Waals surface area contributed by atoms with Crippen LogP contribution in [0.5, 0.6) is 0 Å². The zero-order valence-corrected chi connectivity index (χ0v) is 14.2. The average molecular weight is 336 g/mol. The van der Waals surface area contributed by atoms with E-state index in [1.807, 2.05) is 30.3 Å². The molecule has 2 unspecified atom stereocenters. The quantitative estimate of drug-likeness (QED) is 0.905. The Morgan fingerprint density at radius 3 is 2.78 bits per heavy atom. The molecule has 0 aliphatic carbocycles. The lowest BCUT2D eigenvalue weighted by atomic mass is 10.0. The van der Waals surface area contributed by atoms with Gasteiger partial charge in [0, 0.05) is 17.6 Å². The minimum absolute atomic E-state index is 0. The minimum Gasteiger partial charge on any atom is -0.431 e. The summed E-state index contributed by atoms with van der Waals surface area (Å²) in [4.78, 5) is 16.8. The summed E-state index contributed by atoms with van der Waals surface area (Å²) < 4.78 is 5.69. The smallest absolute Gasteiger partial charge is 0.289 e. The number of carbonyl (C=O) groups excluding carboxylic acids is 1. The van der Waals surface area contributed by atoms with Crippen molar-refractivity contribution in [1.29, 1.82) is 0 Å². The molecule has 1 aromatic heterocycles. The summed E-state index contributed by atoms with van der Waals surface area (Å²) in [5.74, 6) is 0.623. The molecule has 1 aliphatic heterocycles.